The molecule has 0 radical (unpaired) electrons. The number of hydrogen-bond acceptors (Lipinski definition) is 14. The number of ether oxygens (including phenoxy) is 7. The first-order valence-corrected chi connectivity index (χ1v) is 15.2. The minimum absolute atomic E-state index is 0.214. The van der Waals surface area contributed by atoms with E-state index in [1.807, 2.05) is 65.6 Å². The Labute approximate surface area is 278 Å². The molecule has 0 saturated carbocycles. The number of carbonyl (C=O) groups is 6. The van der Waals surface area contributed by atoms with E-state index in [0.29, 0.717) is 0 Å². The van der Waals surface area contributed by atoms with E-state index in [1.54, 1.807) is 0 Å². The van der Waals surface area contributed by atoms with Crippen LogP contribution in [0.2, 0.25) is 0 Å². The minimum atomic E-state index is -2.51. The van der Waals surface area contributed by atoms with Gasteiger partial charge >= 0.3 is 41.6 Å². The van der Waals surface area contributed by atoms with Crippen molar-refractivity contribution >= 4 is 35.8 Å². The Morgan fingerprint density at radius 3 is 1.75 bits per heavy atom. The summed E-state index contributed by atoms with van der Waals surface area (Å²) >= 11 is 0. The van der Waals surface area contributed by atoms with E-state index < -0.39 is 85.1 Å². The van der Waals surface area contributed by atoms with Crippen molar-refractivity contribution in [3.05, 3.63) is 71.8 Å². The van der Waals surface area contributed by atoms with E-state index in [1.165, 1.54) is 0 Å². The summed E-state index contributed by atoms with van der Waals surface area (Å²) in [5, 5.41) is 0. The summed E-state index contributed by atoms with van der Waals surface area (Å²) in [5.74, 6) is -7.75. The maximum absolute atomic E-state index is 13.4. The molecule has 3 rings (SSSR count). The van der Waals surface area contributed by atoms with Crippen LogP contribution in [0.5, 0.6) is 0 Å². The molecule has 1 saturated heterocycles. The number of rotatable bonds is 14. The van der Waals surface area contributed by atoms with Gasteiger partial charge in [-0.1, -0.05) is 60.7 Å². The Hall–Kier alpha value is -4.82. The van der Waals surface area contributed by atoms with Gasteiger partial charge in [0.2, 0.25) is 0 Å². The van der Waals surface area contributed by atoms with E-state index in [-0.39, 0.29) is 13.1 Å². The van der Waals surface area contributed by atoms with Crippen LogP contribution in [0.3, 0.4) is 0 Å². The Morgan fingerprint density at radius 2 is 1.31 bits per heavy atom. The second-order valence-electron chi connectivity index (χ2n) is 11.2. The van der Waals surface area contributed by atoms with Gasteiger partial charge in [0.25, 0.3) is 0 Å². The first kappa shape index (κ1) is 37.6. The number of carbonyl (C=O) groups excluding carboxylic acids is 6. The molecule has 2 aromatic carbocycles. The maximum atomic E-state index is 13.4. The molecule has 0 aliphatic carbocycles. The molecule has 48 heavy (non-hydrogen) atoms. The highest BCUT2D eigenvalue weighted by atomic mass is 16.8. The van der Waals surface area contributed by atoms with Crippen LogP contribution in [-0.2, 0) is 75.0 Å². The third-order valence-corrected chi connectivity index (χ3v) is 7.28. The molecule has 0 spiro atoms. The van der Waals surface area contributed by atoms with Crippen LogP contribution in [-0.4, -0.2) is 90.7 Å². The first-order valence-electron chi connectivity index (χ1n) is 15.2. The summed E-state index contributed by atoms with van der Waals surface area (Å²) in [5.41, 5.74) is 1.66. The van der Waals surface area contributed by atoms with Crippen molar-refractivity contribution < 1.29 is 61.9 Å². The standard InChI is InChI=1S/C34H41NO13/c1-21(36)43-20-29(45-23(3)38)31(46-24(4)39)32-30(28(44-22(2)37)17-34(48-32,33(41)42-6)47-25(5)40)35(18-26-13-9-7-10-14-26)19-27-15-11-8-12-16-27/h7-16,28-32H,17-20H2,1-6H3/t28-,29+,30+,31+,32+,34-/m0/s1. The lowest BCUT2D eigenvalue weighted by atomic mass is 9.86. The van der Waals surface area contributed by atoms with Crippen LogP contribution >= 0.6 is 0 Å². The van der Waals surface area contributed by atoms with Crippen molar-refractivity contribution in [1.82, 2.24) is 4.90 Å². The molecule has 0 N–H and O–H groups in total. The molecule has 1 aliphatic rings. The van der Waals surface area contributed by atoms with Gasteiger partial charge in [-0.05, 0) is 11.1 Å². The quantitative estimate of drug-likeness (QED) is 0.212. The van der Waals surface area contributed by atoms with Crippen LogP contribution in [0, 0.1) is 0 Å². The summed E-state index contributed by atoms with van der Waals surface area (Å²) in [6.07, 6.45) is -6.48. The summed E-state index contributed by atoms with van der Waals surface area (Å²) in [6.45, 7) is 5.37. The van der Waals surface area contributed by atoms with Crippen molar-refractivity contribution in [2.75, 3.05) is 13.7 Å². The minimum Gasteiger partial charge on any atom is -0.464 e. The van der Waals surface area contributed by atoms with E-state index in [4.69, 9.17) is 33.2 Å². The molecular weight excluding hydrogens is 630 g/mol. The number of nitrogens with zero attached hydrogens (tertiary/aromatic N) is 1. The molecule has 260 valence electrons. The third kappa shape index (κ3) is 10.6. The number of hydrogen-bond donors (Lipinski definition) is 0. The van der Waals surface area contributed by atoms with Gasteiger partial charge in [-0.15, -0.1) is 0 Å². The lowest BCUT2D eigenvalue weighted by Gasteiger charge is -2.51. The second-order valence-corrected chi connectivity index (χ2v) is 11.2. The molecule has 1 heterocycles. The first-order chi connectivity index (χ1) is 22.7. The fraction of sp³-hybridized carbons (Fsp3) is 0.471. The predicted molar refractivity (Wildman–Crippen MR) is 165 cm³/mol. The van der Waals surface area contributed by atoms with Crippen molar-refractivity contribution in [2.24, 2.45) is 0 Å². The zero-order valence-corrected chi connectivity index (χ0v) is 27.7. The Bertz CT molecular complexity index is 1390. The van der Waals surface area contributed by atoms with Crippen molar-refractivity contribution in [3.63, 3.8) is 0 Å². The van der Waals surface area contributed by atoms with Gasteiger partial charge in [-0.3, -0.25) is 28.9 Å². The van der Waals surface area contributed by atoms with Gasteiger partial charge < -0.3 is 33.2 Å². The van der Waals surface area contributed by atoms with Gasteiger partial charge in [0.05, 0.1) is 19.6 Å². The largest absolute Gasteiger partial charge is 0.464 e. The predicted octanol–water partition coefficient (Wildman–Crippen LogP) is 2.64. The monoisotopic (exact) mass is 671 g/mol. The highest BCUT2D eigenvalue weighted by Crippen LogP contribution is 2.40. The van der Waals surface area contributed by atoms with Gasteiger partial charge in [0.1, 0.15) is 18.8 Å². The molecule has 14 nitrogen and oxygen atoms in total. The number of esters is 6. The van der Waals surface area contributed by atoms with Crippen LogP contribution in [0.1, 0.15) is 52.2 Å². The van der Waals surface area contributed by atoms with Gasteiger partial charge in [0.15, 0.2) is 12.2 Å². The van der Waals surface area contributed by atoms with Gasteiger partial charge in [-0.25, -0.2) is 4.79 Å². The molecule has 2 aromatic rings. The van der Waals surface area contributed by atoms with E-state index in [2.05, 4.69) is 0 Å². The van der Waals surface area contributed by atoms with Crippen molar-refractivity contribution in [1.29, 1.82) is 0 Å². The molecule has 14 heteroatoms. The van der Waals surface area contributed by atoms with E-state index >= 15 is 0 Å². The average Bonchev–Trinajstić information content (AvgIpc) is 3.01. The topological polar surface area (TPSA) is 170 Å². The maximum Gasteiger partial charge on any atom is 0.379 e. The lowest BCUT2D eigenvalue weighted by Crippen LogP contribution is -2.69. The zero-order chi connectivity index (χ0) is 35.4. The van der Waals surface area contributed by atoms with Crippen LogP contribution in [0.4, 0.5) is 0 Å². The number of benzene rings is 2. The van der Waals surface area contributed by atoms with E-state index in [9.17, 15) is 28.8 Å². The van der Waals surface area contributed by atoms with Crippen molar-refractivity contribution in [3.8, 4) is 0 Å². The Balaban J connectivity index is 2.35. The lowest BCUT2D eigenvalue weighted by molar-refractivity contribution is -0.313. The van der Waals surface area contributed by atoms with Gasteiger partial charge in [0, 0.05) is 47.7 Å². The highest BCUT2D eigenvalue weighted by molar-refractivity contribution is 5.82. The second kappa shape index (κ2) is 17.4. The van der Waals surface area contributed by atoms with Crippen LogP contribution in [0.15, 0.2) is 60.7 Å². The molecule has 0 amide bonds. The summed E-state index contributed by atoms with van der Waals surface area (Å²) in [6, 6.07) is 17.5. The zero-order valence-electron chi connectivity index (χ0n) is 27.7. The normalized spacial score (nSPS) is 21.6. The molecule has 1 fully saturated rings. The summed E-state index contributed by atoms with van der Waals surface area (Å²) < 4.78 is 39.1. The molecule has 6 atom stereocenters. The molecule has 0 unspecified atom stereocenters. The smallest absolute Gasteiger partial charge is 0.379 e. The SMILES string of the molecule is COC(=O)[C@]1(OC(C)=O)C[C@H](OC(C)=O)[C@@H](N(Cc2ccccc2)Cc2ccccc2)[C@H]([C@H](OC(C)=O)[C@@H](COC(C)=O)OC(C)=O)O1. The molecule has 0 bridgehead atoms. The average molecular weight is 672 g/mol. The number of methoxy groups -OCH3 is 1. The molecule has 0 aromatic heterocycles. The van der Waals surface area contributed by atoms with E-state index in [0.717, 1.165) is 52.9 Å². The third-order valence-electron chi connectivity index (χ3n) is 7.28. The summed E-state index contributed by atoms with van der Waals surface area (Å²) in [7, 11) is 1.04. The molecule has 1 aliphatic heterocycles. The van der Waals surface area contributed by atoms with Crippen LogP contribution in [0.25, 0.3) is 0 Å². The molecular formula is C34H41NO13. The Kier molecular flexibility index (Phi) is 13.6. The highest BCUT2D eigenvalue weighted by Gasteiger charge is 2.61. The van der Waals surface area contributed by atoms with Crippen molar-refractivity contribution in [2.45, 2.75) is 90.4 Å². The summed E-state index contributed by atoms with van der Waals surface area (Å²) in [4.78, 5) is 77.3. The Morgan fingerprint density at radius 1 is 0.771 bits per heavy atom. The fourth-order valence-corrected chi connectivity index (χ4v) is 5.65. The van der Waals surface area contributed by atoms with Crippen LogP contribution < -0.4 is 0 Å². The van der Waals surface area contributed by atoms with Gasteiger partial charge in [-0.2, -0.15) is 0 Å². The fourth-order valence-electron chi connectivity index (χ4n) is 5.65.